The van der Waals surface area contributed by atoms with Gasteiger partial charge in [0.25, 0.3) is 5.91 Å². The van der Waals surface area contributed by atoms with Crippen LogP contribution in [0.15, 0.2) is 28.8 Å². The van der Waals surface area contributed by atoms with Crippen LogP contribution in [0.2, 0.25) is 0 Å². The van der Waals surface area contributed by atoms with Gasteiger partial charge in [-0.15, -0.1) is 0 Å². The molecule has 0 fully saturated rings. The predicted molar refractivity (Wildman–Crippen MR) is 101 cm³/mol. The number of ether oxygens (including phenoxy) is 2. The van der Waals surface area contributed by atoms with Gasteiger partial charge in [0.15, 0.2) is 0 Å². The molecular weight excluding hydrogens is 332 g/mol. The van der Waals surface area contributed by atoms with Gasteiger partial charge in [0, 0.05) is 6.07 Å². The summed E-state index contributed by atoms with van der Waals surface area (Å²) in [7, 11) is 3.02. The number of benzene rings is 1. The number of rotatable bonds is 9. The van der Waals surface area contributed by atoms with Crippen LogP contribution in [0.25, 0.3) is 0 Å². The molecule has 0 saturated carbocycles. The first-order valence-electron chi connectivity index (χ1n) is 9.00. The van der Waals surface area contributed by atoms with Crippen molar-refractivity contribution in [2.24, 2.45) is 5.41 Å². The van der Waals surface area contributed by atoms with Gasteiger partial charge in [-0.2, -0.15) is 0 Å². The highest BCUT2D eigenvalue weighted by atomic mass is 16.5. The lowest BCUT2D eigenvalue weighted by molar-refractivity contribution is 0.101. The minimum absolute atomic E-state index is 0.212. The smallest absolute Gasteiger partial charge is 0.265 e. The Kier molecular flexibility index (Phi) is 6.66. The van der Waals surface area contributed by atoms with Gasteiger partial charge in [0.05, 0.1) is 19.9 Å². The highest BCUT2D eigenvalue weighted by molar-refractivity contribution is 6.07. The molecule has 6 heteroatoms. The van der Waals surface area contributed by atoms with Crippen molar-refractivity contribution >= 4 is 11.8 Å². The fraction of sp³-hybridized carbons (Fsp3) is 0.500. The van der Waals surface area contributed by atoms with Gasteiger partial charge in [0.2, 0.25) is 5.88 Å². The zero-order valence-electron chi connectivity index (χ0n) is 16.2. The molecule has 26 heavy (non-hydrogen) atoms. The van der Waals surface area contributed by atoms with Crippen LogP contribution in [-0.2, 0) is 6.42 Å². The molecule has 0 radical (unpaired) electrons. The largest absolute Gasteiger partial charge is 0.496 e. The Morgan fingerprint density at radius 1 is 1.12 bits per heavy atom. The molecule has 142 valence electrons. The minimum Gasteiger partial charge on any atom is -0.496 e. The molecule has 2 rings (SSSR count). The molecule has 2 aromatic rings. The minimum atomic E-state index is -0.366. The lowest BCUT2D eigenvalue weighted by Gasteiger charge is -2.29. The van der Waals surface area contributed by atoms with Crippen molar-refractivity contribution in [3.05, 3.63) is 35.5 Å². The number of carbonyl (C=O) groups excluding carboxylic acids is 1. The number of carbonyl (C=O) groups is 1. The number of aromatic nitrogens is 1. The third kappa shape index (κ3) is 4.18. The van der Waals surface area contributed by atoms with Gasteiger partial charge < -0.3 is 14.0 Å². The SMILES string of the molecule is CCC(CC)(CC)Cc1cc(NC(=O)c2c(OC)cccc2OC)on1. The second-order valence-electron chi connectivity index (χ2n) is 6.41. The standard InChI is InChI=1S/C20H28N2O4/c1-6-20(7-2,8-3)13-14-12-17(26-22-14)21-19(23)18-15(24-4)10-9-11-16(18)25-5/h9-12H,6-8,13H2,1-5H3,(H,21,23). The van der Waals surface area contributed by atoms with Gasteiger partial charge in [-0.25, -0.2) is 0 Å². The number of nitrogens with one attached hydrogen (secondary N) is 1. The normalized spacial score (nSPS) is 11.3. The molecule has 0 atom stereocenters. The topological polar surface area (TPSA) is 73.6 Å². The van der Waals surface area contributed by atoms with Crippen LogP contribution in [0, 0.1) is 5.41 Å². The highest BCUT2D eigenvalue weighted by Crippen LogP contribution is 2.35. The van der Waals surface area contributed by atoms with E-state index in [2.05, 4.69) is 31.2 Å². The van der Waals surface area contributed by atoms with E-state index in [0.29, 0.717) is 22.9 Å². The molecule has 6 nitrogen and oxygen atoms in total. The van der Waals surface area contributed by atoms with Crippen molar-refractivity contribution in [2.45, 2.75) is 46.5 Å². The molecule has 0 aliphatic carbocycles. The fourth-order valence-corrected chi connectivity index (χ4v) is 3.21. The molecular formula is C20H28N2O4. The summed E-state index contributed by atoms with van der Waals surface area (Å²) >= 11 is 0. The van der Waals surface area contributed by atoms with Gasteiger partial charge in [-0.1, -0.05) is 51.3 Å². The predicted octanol–water partition coefficient (Wildman–Crippen LogP) is 4.70. The number of amides is 1. The lowest BCUT2D eigenvalue weighted by Crippen LogP contribution is -2.21. The van der Waals surface area contributed by atoms with Gasteiger partial charge in [-0.05, 0) is 24.0 Å². The maximum absolute atomic E-state index is 12.7. The van der Waals surface area contributed by atoms with E-state index >= 15 is 0 Å². The second kappa shape index (κ2) is 8.74. The molecule has 0 unspecified atom stereocenters. The zero-order chi connectivity index (χ0) is 19.2. The third-order valence-corrected chi connectivity index (χ3v) is 5.26. The summed E-state index contributed by atoms with van der Waals surface area (Å²) in [6.45, 7) is 6.59. The molecule has 1 N–H and O–H groups in total. The Bertz CT molecular complexity index is 705. The van der Waals surface area contributed by atoms with Crippen molar-refractivity contribution in [1.82, 2.24) is 5.16 Å². The lowest BCUT2D eigenvalue weighted by atomic mass is 9.76. The van der Waals surface area contributed by atoms with Gasteiger partial charge >= 0.3 is 0 Å². The monoisotopic (exact) mass is 360 g/mol. The van der Waals surface area contributed by atoms with E-state index in [1.807, 2.05) is 0 Å². The third-order valence-electron chi connectivity index (χ3n) is 5.26. The summed E-state index contributed by atoms with van der Waals surface area (Å²) in [6, 6.07) is 6.97. The Balaban J connectivity index is 2.18. The van der Waals surface area contributed by atoms with E-state index in [-0.39, 0.29) is 11.3 Å². The van der Waals surface area contributed by atoms with E-state index in [1.54, 1.807) is 24.3 Å². The summed E-state index contributed by atoms with van der Waals surface area (Å²) in [5.41, 5.74) is 1.38. The average Bonchev–Trinajstić information content (AvgIpc) is 3.11. The molecule has 0 spiro atoms. The molecule has 0 aliphatic heterocycles. The molecule has 1 heterocycles. The van der Waals surface area contributed by atoms with Crippen LogP contribution in [0.1, 0.15) is 56.1 Å². The van der Waals surface area contributed by atoms with Crippen molar-refractivity contribution in [2.75, 3.05) is 19.5 Å². The fourth-order valence-electron chi connectivity index (χ4n) is 3.21. The Labute approximate surface area is 154 Å². The van der Waals surface area contributed by atoms with E-state index in [9.17, 15) is 4.79 Å². The molecule has 0 bridgehead atoms. The Morgan fingerprint density at radius 3 is 2.19 bits per heavy atom. The van der Waals surface area contributed by atoms with Gasteiger partial charge in [-0.3, -0.25) is 10.1 Å². The van der Waals surface area contributed by atoms with Crippen LogP contribution < -0.4 is 14.8 Å². The van der Waals surface area contributed by atoms with Crippen molar-refractivity contribution < 1.29 is 18.8 Å². The van der Waals surface area contributed by atoms with Crippen LogP contribution in [0.5, 0.6) is 11.5 Å². The Morgan fingerprint density at radius 2 is 1.69 bits per heavy atom. The summed E-state index contributed by atoms with van der Waals surface area (Å²) in [6.07, 6.45) is 4.06. The van der Waals surface area contributed by atoms with E-state index in [1.165, 1.54) is 14.2 Å². The quantitative estimate of drug-likeness (QED) is 0.701. The molecule has 1 aromatic carbocycles. The summed E-state index contributed by atoms with van der Waals surface area (Å²) in [5.74, 6) is 0.817. The van der Waals surface area contributed by atoms with Crippen LogP contribution in [-0.4, -0.2) is 25.3 Å². The number of anilines is 1. The van der Waals surface area contributed by atoms with E-state index in [0.717, 1.165) is 31.4 Å². The molecule has 0 saturated heterocycles. The maximum atomic E-state index is 12.7. The summed E-state index contributed by atoms with van der Waals surface area (Å²) in [4.78, 5) is 12.7. The number of hydrogen-bond donors (Lipinski definition) is 1. The van der Waals surface area contributed by atoms with Crippen LogP contribution in [0.3, 0.4) is 0 Å². The highest BCUT2D eigenvalue weighted by Gasteiger charge is 2.26. The van der Waals surface area contributed by atoms with Gasteiger partial charge in [0.1, 0.15) is 17.1 Å². The van der Waals surface area contributed by atoms with Crippen LogP contribution >= 0.6 is 0 Å². The first-order valence-corrected chi connectivity index (χ1v) is 9.00. The molecule has 0 aliphatic rings. The average molecular weight is 360 g/mol. The van der Waals surface area contributed by atoms with Crippen molar-refractivity contribution in [3.63, 3.8) is 0 Å². The number of nitrogens with zero attached hydrogens (tertiary/aromatic N) is 1. The molecule has 1 aromatic heterocycles. The van der Waals surface area contributed by atoms with E-state index in [4.69, 9.17) is 14.0 Å². The zero-order valence-corrected chi connectivity index (χ0v) is 16.2. The van der Waals surface area contributed by atoms with Crippen molar-refractivity contribution in [3.8, 4) is 11.5 Å². The first-order chi connectivity index (χ1) is 12.5. The van der Waals surface area contributed by atoms with E-state index < -0.39 is 0 Å². The number of methoxy groups -OCH3 is 2. The number of hydrogen-bond acceptors (Lipinski definition) is 5. The van der Waals surface area contributed by atoms with Crippen molar-refractivity contribution in [1.29, 1.82) is 0 Å². The maximum Gasteiger partial charge on any atom is 0.265 e. The summed E-state index contributed by atoms with van der Waals surface area (Å²) < 4.78 is 15.9. The first kappa shape index (κ1) is 19.8. The molecule has 1 amide bonds. The van der Waals surface area contributed by atoms with Crippen LogP contribution in [0.4, 0.5) is 5.88 Å². The second-order valence-corrected chi connectivity index (χ2v) is 6.41. The summed E-state index contributed by atoms with van der Waals surface area (Å²) in [5, 5.41) is 6.86. The Hall–Kier alpha value is -2.50.